The number of methoxy groups -OCH3 is 1. The minimum Gasteiger partial charge on any atom is -0.477 e. The summed E-state index contributed by atoms with van der Waals surface area (Å²) in [7, 11) is 1.51. The Morgan fingerprint density at radius 2 is 2.03 bits per heavy atom. The zero-order valence-corrected chi connectivity index (χ0v) is 21.0. The monoisotopic (exact) mass is 533 g/mol. The van der Waals surface area contributed by atoms with Gasteiger partial charge in [0, 0.05) is 31.9 Å². The lowest BCUT2D eigenvalue weighted by Crippen LogP contribution is -2.55. The molecule has 1 saturated heterocycles. The number of aromatic nitrogens is 2. The van der Waals surface area contributed by atoms with Crippen molar-refractivity contribution in [3.05, 3.63) is 32.0 Å². The molecule has 14 heteroatoms. The molecule has 3 heterocycles. The van der Waals surface area contributed by atoms with Gasteiger partial charge in [0.25, 0.3) is 11.8 Å². The van der Waals surface area contributed by atoms with Gasteiger partial charge in [-0.1, -0.05) is 34.5 Å². The van der Waals surface area contributed by atoms with Gasteiger partial charge < -0.3 is 35.5 Å². The Balaban J connectivity index is 1.75. The standard InChI is InChI=1S/C20H25Cl2N5O6S/c1-8(7-28)23-18(30)15-16(19(31)32)34-20(26-15)27-5-4-10(11(6-27)33-3)25-17(29)14-13(22)12(21)9(2)24-14/h8,10-11,24,28H,4-7H2,1-3H3,(H,23,30)(H,25,29)(H,31,32)/t8?,10-,11+/m1/s1. The van der Waals surface area contributed by atoms with Gasteiger partial charge in [0.1, 0.15) is 10.6 Å². The van der Waals surface area contributed by atoms with E-state index in [1.54, 1.807) is 13.8 Å². The molecule has 2 aromatic rings. The minimum absolute atomic E-state index is 0.147. The Morgan fingerprint density at radius 1 is 1.32 bits per heavy atom. The number of hydrogen-bond donors (Lipinski definition) is 5. The third-order valence-corrected chi connectivity index (χ3v) is 7.46. The highest BCUT2D eigenvalue weighted by atomic mass is 35.5. The molecule has 0 aliphatic carbocycles. The molecule has 5 N–H and O–H groups in total. The molecule has 1 fully saturated rings. The van der Waals surface area contributed by atoms with Crippen LogP contribution in [0.15, 0.2) is 0 Å². The zero-order chi connectivity index (χ0) is 25.2. The number of aliphatic hydroxyl groups is 1. The first kappa shape index (κ1) is 26.2. The van der Waals surface area contributed by atoms with E-state index in [1.165, 1.54) is 7.11 Å². The van der Waals surface area contributed by atoms with Crippen LogP contribution in [0.5, 0.6) is 0 Å². The van der Waals surface area contributed by atoms with Crippen LogP contribution in [0.4, 0.5) is 5.13 Å². The van der Waals surface area contributed by atoms with Crippen molar-refractivity contribution in [3.63, 3.8) is 0 Å². The lowest BCUT2D eigenvalue weighted by Gasteiger charge is -2.37. The molecule has 1 aliphatic rings. The second-order valence-corrected chi connectivity index (χ2v) is 9.61. The number of amides is 2. The van der Waals surface area contributed by atoms with Crippen molar-refractivity contribution in [1.29, 1.82) is 0 Å². The lowest BCUT2D eigenvalue weighted by molar-refractivity contribution is 0.0540. The molecule has 3 rings (SSSR count). The number of nitrogens with zero attached hydrogens (tertiary/aromatic N) is 2. The Labute approximate surface area is 209 Å². The van der Waals surface area contributed by atoms with E-state index in [4.69, 9.17) is 33.0 Å². The Hall–Kier alpha value is -2.38. The fraction of sp³-hybridized carbons (Fsp3) is 0.500. The average Bonchev–Trinajstić information content (AvgIpc) is 3.37. The van der Waals surface area contributed by atoms with Crippen molar-refractivity contribution in [2.45, 2.75) is 38.5 Å². The molecule has 0 aromatic carbocycles. The van der Waals surface area contributed by atoms with Crippen LogP contribution in [-0.4, -0.2) is 83.0 Å². The molecule has 3 atom stereocenters. The van der Waals surface area contributed by atoms with E-state index in [0.717, 1.165) is 11.3 Å². The zero-order valence-electron chi connectivity index (χ0n) is 18.6. The number of aromatic carboxylic acids is 1. The summed E-state index contributed by atoms with van der Waals surface area (Å²) >= 11 is 13.1. The van der Waals surface area contributed by atoms with E-state index in [2.05, 4.69) is 20.6 Å². The van der Waals surface area contributed by atoms with Gasteiger partial charge >= 0.3 is 5.97 Å². The molecule has 186 valence electrons. The molecule has 2 aromatic heterocycles. The highest BCUT2D eigenvalue weighted by Gasteiger charge is 2.34. The highest BCUT2D eigenvalue weighted by molar-refractivity contribution is 7.17. The quantitative estimate of drug-likeness (QED) is 0.344. The van der Waals surface area contributed by atoms with Gasteiger partial charge in [-0.3, -0.25) is 9.59 Å². The first-order valence-electron chi connectivity index (χ1n) is 10.3. The number of piperidine rings is 1. The number of aliphatic hydroxyl groups excluding tert-OH is 1. The maximum atomic E-state index is 12.7. The molecule has 34 heavy (non-hydrogen) atoms. The summed E-state index contributed by atoms with van der Waals surface area (Å²) in [6.45, 7) is 3.74. The van der Waals surface area contributed by atoms with Crippen LogP contribution in [0, 0.1) is 6.92 Å². The Morgan fingerprint density at radius 3 is 2.59 bits per heavy atom. The SMILES string of the molecule is CO[C@H]1CN(c2nc(C(=O)NC(C)CO)c(C(=O)O)s2)CC[C@H]1NC(=O)c1[nH]c(C)c(Cl)c1Cl. The van der Waals surface area contributed by atoms with Crippen LogP contribution < -0.4 is 15.5 Å². The van der Waals surface area contributed by atoms with Crippen molar-refractivity contribution in [2.75, 3.05) is 31.7 Å². The summed E-state index contributed by atoms with van der Waals surface area (Å²) in [6.07, 6.45) is 0.0345. The van der Waals surface area contributed by atoms with Crippen molar-refractivity contribution < 1.29 is 29.3 Å². The molecular weight excluding hydrogens is 509 g/mol. The summed E-state index contributed by atoms with van der Waals surface area (Å²) in [5.41, 5.74) is 0.534. The fourth-order valence-electron chi connectivity index (χ4n) is 3.54. The van der Waals surface area contributed by atoms with Gasteiger partial charge in [-0.2, -0.15) is 0 Å². The van der Waals surface area contributed by atoms with Crippen molar-refractivity contribution >= 4 is 57.5 Å². The highest BCUT2D eigenvalue weighted by Crippen LogP contribution is 2.31. The van der Waals surface area contributed by atoms with Crippen molar-refractivity contribution in [3.8, 4) is 0 Å². The Kier molecular flexibility index (Phi) is 8.42. The predicted octanol–water partition coefficient (Wildman–Crippen LogP) is 1.92. The molecule has 1 unspecified atom stereocenters. The van der Waals surface area contributed by atoms with Crippen molar-refractivity contribution in [2.24, 2.45) is 0 Å². The number of ether oxygens (including phenoxy) is 1. The van der Waals surface area contributed by atoms with Gasteiger partial charge in [0.05, 0.1) is 28.8 Å². The fourth-order valence-corrected chi connectivity index (χ4v) is 4.90. The number of carboxylic acids is 1. The van der Waals surface area contributed by atoms with Crippen LogP contribution in [0.2, 0.25) is 10.0 Å². The van der Waals surface area contributed by atoms with E-state index < -0.39 is 29.9 Å². The number of anilines is 1. The second-order valence-electron chi connectivity index (χ2n) is 7.88. The number of carboxylic acid groups (broad SMARTS) is 1. The van der Waals surface area contributed by atoms with E-state index in [1.807, 2.05) is 4.90 Å². The van der Waals surface area contributed by atoms with Crippen LogP contribution in [-0.2, 0) is 4.74 Å². The normalized spacial score (nSPS) is 19.1. The third-order valence-electron chi connectivity index (χ3n) is 5.41. The maximum absolute atomic E-state index is 12.7. The van der Waals surface area contributed by atoms with E-state index >= 15 is 0 Å². The number of carbonyl (C=O) groups is 3. The summed E-state index contributed by atoms with van der Waals surface area (Å²) < 4.78 is 5.58. The molecule has 1 aliphatic heterocycles. The molecule has 0 saturated carbocycles. The largest absolute Gasteiger partial charge is 0.477 e. The number of nitrogens with one attached hydrogen (secondary N) is 3. The average molecular weight is 534 g/mol. The Bertz CT molecular complexity index is 1090. The third kappa shape index (κ3) is 5.47. The topological polar surface area (TPSA) is 157 Å². The number of carbonyl (C=O) groups excluding carboxylic acids is 2. The van der Waals surface area contributed by atoms with E-state index in [-0.39, 0.29) is 39.0 Å². The predicted molar refractivity (Wildman–Crippen MR) is 128 cm³/mol. The molecule has 11 nitrogen and oxygen atoms in total. The van der Waals surface area contributed by atoms with Crippen LogP contribution in [0.25, 0.3) is 0 Å². The first-order chi connectivity index (χ1) is 16.1. The molecule has 0 spiro atoms. The van der Waals surface area contributed by atoms with Crippen LogP contribution in [0.1, 0.15) is 49.7 Å². The number of H-pyrrole nitrogens is 1. The van der Waals surface area contributed by atoms with E-state index in [0.29, 0.717) is 30.3 Å². The smallest absolute Gasteiger partial charge is 0.348 e. The molecular formula is C20H25Cl2N5O6S. The van der Waals surface area contributed by atoms with E-state index in [9.17, 15) is 19.5 Å². The number of aromatic amines is 1. The number of rotatable bonds is 8. The van der Waals surface area contributed by atoms with Gasteiger partial charge in [-0.25, -0.2) is 9.78 Å². The molecule has 0 radical (unpaired) electrons. The van der Waals surface area contributed by atoms with Gasteiger partial charge in [-0.05, 0) is 20.3 Å². The summed E-state index contributed by atoms with van der Waals surface area (Å²) in [5.74, 6) is -2.36. The minimum atomic E-state index is -1.27. The van der Waals surface area contributed by atoms with Gasteiger partial charge in [0.2, 0.25) is 0 Å². The van der Waals surface area contributed by atoms with Gasteiger partial charge in [0.15, 0.2) is 10.8 Å². The molecule has 0 bridgehead atoms. The first-order valence-corrected chi connectivity index (χ1v) is 11.9. The summed E-state index contributed by atoms with van der Waals surface area (Å²) in [5, 5.41) is 24.9. The van der Waals surface area contributed by atoms with Crippen LogP contribution in [0.3, 0.4) is 0 Å². The second kappa shape index (κ2) is 10.9. The van der Waals surface area contributed by atoms with Crippen molar-refractivity contribution in [1.82, 2.24) is 20.6 Å². The summed E-state index contributed by atoms with van der Waals surface area (Å²) in [6, 6.07) is -0.900. The maximum Gasteiger partial charge on any atom is 0.348 e. The van der Waals surface area contributed by atoms with Crippen LogP contribution >= 0.6 is 34.5 Å². The van der Waals surface area contributed by atoms with Gasteiger partial charge in [-0.15, -0.1) is 0 Å². The number of aryl methyl sites for hydroxylation is 1. The number of hydrogen-bond acceptors (Lipinski definition) is 8. The lowest BCUT2D eigenvalue weighted by atomic mass is 10.0. The molecule has 2 amide bonds. The summed E-state index contributed by atoms with van der Waals surface area (Å²) in [4.78, 5) is 45.6. The number of thiazole rings is 1. The number of halogens is 2.